The summed E-state index contributed by atoms with van der Waals surface area (Å²) < 4.78 is 53.1. The Hall–Kier alpha value is -0.760. The number of hydrogen-bond donors (Lipinski definition) is 2. The van der Waals surface area contributed by atoms with Gasteiger partial charge in [-0.25, -0.2) is 9.13 Å². The SMILES string of the molecule is CCOP(=O)(/N=C(\N)CCCCCCCCCCCC/C(N)=N\P(=O)(OCC)OCC)OCC. The predicted octanol–water partition coefficient (Wildman–Crippen LogP) is 6.74. The van der Waals surface area contributed by atoms with E-state index < -0.39 is 15.5 Å². The molecule has 0 aromatic rings. The number of nitrogens with zero attached hydrogens (tertiary/aromatic N) is 2. The molecule has 0 aliphatic rings. The number of rotatable bonds is 23. The zero-order valence-corrected chi connectivity index (χ0v) is 23.5. The molecule has 0 aliphatic carbocycles. The molecule has 10 nitrogen and oxygen atoms in total. The van der Waals surface area contributed by atoms with Gasteiger partial charge in [0.2, 0.25) is 0 Å². The van der Waals surface area contributed by atoms with Gasteiger partial charge in [0.15, 0.2) is 0 Å². The summed E-state index contributed by atoms with van der Waals surface area (Å²) in [6, 6.07) is 0. The van der Waals surface area contributed by atoms with Crippen molar-refractivity contribution in [3.8, 4) is 0 Å². The molecular weight excluding hydrogens is 478 g/mol. The summed E-state index contributed by atoms with van der Waals surface area (Å²) in [4.78, 5) is 0. The van der Waals surface area contributed by atoms with Crippen molar-refractivity contribution < 1.29 is 27.2 Å². The lowest BCUT2D eigenvalue weighted by atomic mass is 10.0. The summed E-state index contributed by atoms with van der Waals surface area (Å²) >= 11 is 0. The largest absolute Gasteiger partial charge is 0.455 e. The van der Waals surface area contributed by atoms with Crippen LogP contribution in [0.4, 0.5) is 0 Å². The fraction of sp³-hybridized carbons (Fsp3) is 0.909. The van der Waals surface area contributed by atoms with Crippen LogP contribution in [0.25, 0.3) is 0 Å². The molecule has 0 aromatic heterocycles. The summed E-state index contributed by atoms with van der Waals surface area (Å²) in [5, 5.41) is 0. The molecule has 12 heteroatoms. The van der Waals surface area contributed by atoms with Crippen LogP contribution in [0.5, 0.6) is 0 Å². The maximum atomic E-state index is 12.3. The van der Waals surface area contributed by atoms with Gasteiger partial charge < -0.3 is 11.5 Å². The van der Waals surface area contributed by atoms with Gasteiger partial charge in [-0.1, -0.05) is 51.4 Å². The predicted molar refractivity (Wildman–Crippen MR) is 140 cm³/mol. The van der Waals surface area contributed by atoms with Gasteiger partial charge in [-0.15, -0.1) is 0 Å². The van der Waals surface area contributed by atoms with E-state index in [-0.39, 0.29) is 26.4 Å². The highest BCUT2D eigenvalue weighted by Gasteiger charge is 2.23. The van der Waals surface area contributed by atoms with Gasteiger partial charge in [0, 0.05) is 12.8 Å². The van der Waals surface area contributed by atoms with Crippen molar-refractivity contribution in [2.24, 2.45) is 21.0 Å². The Morgan fingerprint density at radius 3 is 1.00 bits per heavy atom. The Morgan fingerprint density at radius 2 is 0.765 bits per heavy atom. The average molecular weight is 527 g/mol. The summed E-state index contributed by atoms with van der Waals surface area (Å²) in [5.74, 6) is 0.657. The Bertz CT molecular complexity index is 600. The Labute approximate surface area is 206 Å². The highest BCUT2D eigenvalue weighted by atomic mass is 31.2. The van der Waals surface area contributed by atoms with E-state index in [1.165, 1.54) is 25.7 Å². The van der Waals surface area contributed by atoms with E-state index in [1.54, 1.807) is 27.7 Å². The molecule has 0 aliphatic heterocycles. The van der Waals surface area contributed by atoms with E-state index in [2.05, 4.69) is 9.53 Å². The maximum Gasteiger partial charge on any atom is 0.455 e. The minimum Gasteiger partial charge on any atom is -0.387 e. The fourth-order valence-corrected chi connectivity index (χ4v) is 5.80. The molecule has 0 rings (SSSR count). The first-order valence-electron chi connectivity index (χ1n) is 12.7. The zero-order valence-electron chi connectivity index (χ0n) is 21.7. The smallest absolute Gasteiger partial charge is 0.387 e. The van der Waals surface area contributed by atoms with Crippen molar-refractivity contribution in [2.75, 3.05) is 26.4 Å². The Balaban J connectivity index is 3.83. The molecule has 0 spiro atoms. The van der Waals surface area contributed by atoms with E-state index in [4.69, 9.17) is 29.6 Å². The highest BCUT2D eigenvalue weighted by Crippen LogP contribution is 2.50. The van der Waals surface area contributed by atoms with Crippen molar-refractivity contribution in [3.63, 3.8) is 0 Å². The van der Waals surface area contributed by atoms with Crippen LogP contribution in [0.1, 0.15) is 105 Å². The second kappa shape index (κ2) is 20.4. The minimum atomic E-state index is -3.45. The van der Waals surface area contributed by atoms with Crippen molar-refractivity contribution >= 4 is 27.2 Å². The molecule has 0 fully saturated rings. The standard InChI is InChI=1S/C22H48N4O6P2/c1-5-29-33(27,30-6-2)25-21(23)19-17-15-13-11-9-10-12-14-16-18-20-22(24)26-34(28,31-7-3)32-8-4/h5-20H2,1-4H3,(H2,23,25,27)(H2,24,26,28). The Morgan fingerprint density at radius 1 is 0.529 bits per heavy atom. The molecule has 0 atom stereocenters. The normalized spacial score (nSPS) is 13.5. The number of nitrogens with two attached hydrogens (primary N) is 2. The second-order valence-corrected chi connectivity index (χ2v) is 11.1. The quantitative estimate of drug-likeness (QED) is 0.0643. The van der Waals surface area contributed by atoms with Crippen molar-refractivity contribution in [1.82, 2.24) is 0 Å². The van der Waals surface area contributed by atoms with Gasteiger partial charge in [-0.2, -0.15) is 9.53 Å². The van der Waals surface area contributed by atoms with Crippen molar-refractivity contribution in [1.29, 1.82) is 0 Å². The van der Waals surface area contributed by atoms with Gasteiger partial charge in [0.1, 0.15) is 11.7 Å². The van der Waals surface area contributed by atoms with Crippen LogP contribution in [-0.2, 0) is 27.2 Å². The molecule has 0 radical (unpaired) electrons. The van der Waals surface area contributed by atoms with Crippen LogP contribution in [0.2, 0.25) is 0 Å². The van der Waals surface area contributed by atoms with Crippen LogP contribution in [0.15, 0.2) is 9.53 Å². The summed E-state index contributed by atoms with van der Waals surface area (Å²) in [5.41, 5.74) is 11.8. The van der Waals surface area contributed by atoms with Crippen molar-refractivity contribution in [3.05, 3.63) is 0 Å². The zero-order chi connectivity index (χ0) is 25.7. The van der Waals surface area contributed by atoms with E-state index in [9.17, 15) is 9.13 Å². The monoisotopic (exact) mass is 526 g/mol. The number of hydrogen-bond acceptors (Lipinski definition) is 6. The van der Waals surface area contributed by atoms with Gasteiger partial charge in [0.05, 0.1) is 26.4 Å². The van der Waals surface area contributed by atoms with Gasteiger partial charge in [0.25, 0.3) is 0 Å². The molecule has 0 aromatic carbocycles. The van der Waals surface area contributed by atoms with E-state index in [0.29, 0.717) is 24.5 Å². The first kappa shape index (κ1) is 33.2. The third-order valence-electron chi connectivity index (χ3n) is 4.79. The third kappa shape index (κ3) is 17.6. The molecule has 34 heavy (non-hydrogen) atoms. The summed E-state index contributed by atoms with van der Waals surface area (Å²) in [6.45, 7) is 8.05. The number of unbranched alkanes of at least 4 members (excludes halogenated alkanes) is 9. The Kier molecular flexibility index (Phi) is 20.0. The van der Waals surface area contributed by atoms with Crippen LogP contribution < -0.4 is 11.5 Å². The van der Waals surface area contributed by atoms with Crippen LogP contribution in [0.3, 0.4) is 0 Å². The van der Waals surface area contributed by atoms with Crippen LogP contribution in [0, 0.1) is 0 Å². The fourth-order valence-electron chi connectivity index (χ4n) is 3.28. The van der Waals surface area contributed by atoms with Gasteiger partial charge >= 0.3 is 15.5 Å². The lowest BCUT2D eigenvalue weighted by Gasteiger charge is -2.12. The molecule has 0 heterocycles. The van der Waals surface area contributed by atoms with Crippen LogP contribution >= 0.6 is 15.5 Å². The van der Waals surface area contributed by atoms with E-state index in [0.717, 1.165) is 38.5 Å². The van der Waals surface area contributed by atoms with Gasteiger partial charge in [-0.05, 0) is 40.5 Å². The van der Waals surface area contributed by atoms with E-state index >= 15 is 0 Å². The highest BCUT2D eigenvalue weighted by molar-refractivity contribution is 7.52. The van der Waals surface area contributed by atoms with Crippen molar-refractivity contribution in [2.45, 2.75) is 105 Å². The molecule has 0 bridgehead atoms. The molecule has 0 saturated heterocycles. The molecule has 0 saturated carbocycles. The average Bonchev–Trinajstić information content (AvgIpc) is 2.74. The maximum absolute atomic E-state index is 12.3. The van der Waals surface area contributed by atoms with E-state index in [1.807, 2.05) is 0 Å². The third-order valence-corrected chi connectivity index (χ3v) is 8.13. The van der Waals surface area contributed by atoms with Crippen LogP contribution in [-0.4, -0.2) is 38.1 Å². The minimum absolute atomic E-state index is 0.266. The summed E-state index contributed by atoms with van der Waals surface area (Å²) in [6.07, 6.45) is 12.3. The molecule has 202 valence electrons. The molecule has 0 unspecified atom stereocenters. The molecule has 0 amide bonds. The lowest BCUT2D eigenvalue weighted by Crippen LogP contribution is -2.12. The molecular formula is C22H48N4O6P2. The lowest BCUT2D eigenvalue weighted by molar-refractivity contribution is 0.220. The summed E-state index contributed by atoms with van der Waals surface area (Å²) in [7, 11) is -6.91. The first-order valence-corrected chi connectivity index (χ1v) is 15.7. The molecule has 4 N–H and O–H groups in total. The second-order valence-electron chi connectivity index (χ2n) is 7.83. The van der Waals surface area contributed by atoms with Gasteiger partial charge in [-0.3, -0.25) is 18.1 Å². The first-order chi connectivity index (χ1) is 16.2. The topological polar surface area (TPSA) is 148 Å². The number of amidine groups is 2.